The number of halogens is 1. The average molecular weight is 397 g/mol. The second-order valence-corrected chi connectivity index (χ2v) is 6.44. The Balaban J connectivity index is 1.64. The SMILES string of the molecule is C[C@@H](Oc1cccc2ccccc12)C(=O)N/N=C\c1cccc(Br)c1. The van der Waals surface area contributed by atoms with E-state index in [2.05, 4.69) is 26.5 Å². The van der Waals surface area contributed by atoms with Crippen LogP contribution in [0.1, 0.15) is 12.5 Å². The van der Waals surface area contributed by atoms with Gasteiger partial charge in [0.2, 0.25) is 0 Å². The molecule has 1 atom stereocenters. The second kappa shape index (κ2) is 7.94. The molecule has 25 heavy (non-hydrogen) atoms. The number of nitrogens with zero attached hydrogens (tertiary/aromatic N) is 1. The third-order valence-electron chi connectivity index (χ3n) is 3.66. The molecule has 1 N–H and O–H groups in total. The Labute approximate surface area is 154 Å². The van der Waals surface area contributed by atoms with Gasteiger partial charge in [-0.1, -0.05) is 64.5 Å². The highest BCUT2D eigenvalue weighted by Crippen LogP contribution is 2.26. The van der Waals surface area contributed by atoms with Gasteiger partial charge in [-0.15, -0.1) is 0 Å². The van der Waals surface area contributed by atoms with Gasteiger partial charge in [-0.2, -0.15) is 5.10 Å². The van der Waals surface area contributed by atoms with Gasteiger partial charge in [-0.3, -0.25) is 4.79 Å². The Morgan fingerprint density at radius 2 is 1.88 bits per heavy atom. The molecule has 3 aromatic carbocycles. The van der Waals surface area contributed by atoms with Crippen LogP contribution in [0.5, 0.6) is 5.75 Å². The lowest BCUT2D eigenvalue weighted by molar-refractivity contribution is -0.127. The number of nitrogens with one attached hydrogen (secondary N) is 1. The molecule has 0 fully saturated rings. The third kappa shape index (κ3) is 4.45. The second-order valence-electron chi connectivity index (χ2n) is 5.53. The van der Waals surface area contributed by atoms with Crippen molar-refractivity contribution in [2.24, 2.45) is 5.10 Å². The average Bonchev–Trinajstić information content (AvgIpc) is 2.62. The minimum absolute atomic E-state index is 0.306. The summed E-state index contributed by atoms with van der Waals surface area (Å²) in [7, 11) is 0. The van der Waals surface area contributed by atoms with Gasteiger partial charge in [0.1, 0.15) is 5.75 Å². The molecule has 5 heteroatoms. The molecule has 0 saturated heterocycles. The van der Waals surface area contributed by atoms with Crippen LogP contribution < -0.4 is 10.2 Å². The summed E-state index contributed by atoms with van der Waals surface area (Å²) in [6.45, 7) is 1.70. The van der Waals surface area contributed by atoms with Crippen LogP contribution in [-0.2, 0) is 4.79 Å². The van der Waals surface area contributed by atoms with Gasteiger partial charge in [0.25, 0.3) is 5.91 Å². The lowest BCUT2D eigenvalue weighted by atomic mass is 10.1. The molecule has 0 radical (unpaired) electrons. The molecule has 0 aliphatic heterocycles. The van der Waals surface area contributed by atoms with Crippen molar-refractivity contribution in [3.8, 4) is 5.75 Å². The minimum Gasteiger partial charge on any atom is -0.480 e. The number of amides is 1. The van der Waals surface area contributed by atoms with Crippen molar-refractivity contribution in [3.63, 3.8) is 0 Å². The van der Waals surface area contributed by atoms with Crippen LogP contribution in [0, 0.1) is 0 Å². The molecule has 0 heterocycles. The molecule has 126 valence electrons. The van der Waals surface area contributed by atoms with E-state index in [9.17, 15) is 4.79 Å². The van der Waals surface area contributed by atoms with E-state index in [0.29, 0.717) is 5.75 Å². The van der Waals surface area contributed by atoms with Crippen molar-refractivity contribution in [3.05, 3.63) is 76.8 Å². The molecule has 0 aliphatic rings. The van der Waals surface area contributed by atoms with E-state index >= 15 is 0 Å². The number of carbonyl (C=O) groups excluding carboxylic acids is 1. The number of hydrazone groups is 1. The summed E-state index contributed by atoms with van der Waals surface area (Å²) >= 11 is 3.39. The summed E-state index contributed by atoms with van der Waals surface area (Å²) in [6.07, 6.45) is 0.929. The molecule has 4 nitrogen and oxygen atoms in total. The van der Waals surface area contributed by atoms with Crippen molar-refractivity contribution in [1.82, 2.24) is 5.43 Å². The summed E-state index contributed by atoms with van der Waals surface area (Å²) < 4.78 is 6.77. The van der Waals surface area contributed by atoms with Gasteiger partial charge in [-0.05, 0) is 36.1 Å². The van der Waals surface area contributed by atoms with Crippen molar-refractivity contribution in [2.45, 2.75) is 13.0 Å². The molecule has 0 unspecified atom stereocenters. The smallest absolute Gasteiger partial charge is 0.280 e. The quantitative estimate of drug-likeness (QED) is 0.509. The van der Waals surface area contributed by atoms with E-state index in [4.69, 9.17) is 4.74 Å². The van der Waals surface area contributed by atoms with Gasteiger partial charge in [0.15, 0.2) is 6.10 Å². The number of fused-ring (bicyclic) bond motifs is 1. The monoisotopic (exact) mass is 396 g/mol. The van der Waals surface area contributed by atoms with Crippen molar-refractivity contribution in [2.75, 3.05) is 0 Å². The molecule has 3 rings (SSSR count). The van der Waals surface area contributed by atoms with E-state index in [0.717, 1.165) is 20.8 Å². The molecule has 3 aromatic rings. The van der Waals surface area contributed by atoms with E-state index in [1.54, 1.807) is 13.1 Å². The zero-order valence-electron chi connectivity index (χ0n) is 13.6. The first-order valence-corrected chi connectivity index (χ1v) is 8.66. The molecule has 0 aromatic heterocycles. The number of hydrogen-bond acceptors (Lipinski definition) is 3. The Morgan fingerprint density at radius 1 is 1.12 bits per heavy atom. The first-order valence-electron chi connectivity index (χ1n) is 7.86. The maximum absolute atomic E-state index is 12.2. The zero-order chi connectivity index (χ0) is 17.6. The van der Waals surface area contributed by atoms with Crippen molar-refractivity contribution in [1.29, 1.82) is 0 Å². The molecular formula is C20H17BrN2O2. The van der Waals surface area contributed by atoms with Crippen LogP contribution in [0.25, 0.3) is 10.8 Å². The fraction of sp³-hybridized carbons (Fsp3) is 0.100. The van der Waals surface area contributed by atoms with Gasteiger partial charge in [0.05, 0.1) is 6.21 Å². The van der Waals surface area contributed by atoms with Gasteiger partial charge in [-0.25, -0.2) is 5.43 Å². The summed E-state index contributed by atoms with van der Waals surface area (Å²) in [5.74, 6) is 0.371. The maximum Gasteiger partial charge on any atom is 0.280 e. The summed E-state index contributed by atoms with van der Waals surface area (Å²) in [6, 6.07) is 21.3. The highest BCUT2D eigenvalue weighted by Gasteiger charge is 2.15. The highest BCUT2D eigenvalue weighted by molar-refractivity contribution is 9.10. The van der Waals surface area contributed by atoms with Crippen molar-refractivity contribution >= 4 is 38.8 Å². The Hall–Kier alpha value is -2.66. The van der Waals surface area contributed by atoms with Crippen LogP contribution in [0.15, 0.2) is 76.3 Å². The van der Waals surface area contributed by atoms with Crippen LogP contribution >= 0.6 is 15.9 Å². The topological polar surface area (TPSA) is 50.7 Å². The standard InChI is InChI=1S/C20H17BrN2O2/c1-14(20(24)23-22-13-15-6-4-9-17(21)12-15)25-19-11-5-8-16-7-2-3-10-18(16)19/h2-14H,1H3,(H,23,24)/b22-13-/t14-/m1/s1. The summed E-state index contributed by atoms with van der Waals surface area (Å²) in [4.78, 5) is 12.2. The third-order valence-corrected chi connectivity index (χ3v) is 4.15. The first-order chi connectivity index (χ1) is 12.1. The normalized spacial score (nSPS) is 12.2. The first kappa shape index (κ1) is 17.2. The summed E-state index contributed by atoms with van der Waals surface area (Å²) in [5, 5.41) is 6.03. The van der Waals surface area contributed by atoms with Crippen LogP contribution in [0.3, 0.4) is 0 Å². The highest BCUT2D eigenvalue weighted by atomic mass is 79.9. The molecule has 0 spiro atoms. The molecule has 0 bridgehead atoms. The number of ether oxygens (including phenoxy) is 1. The number of carbonyl (C=O) groups is 1. The van der Waals surface area contributed by atoms with E-state index < -0.39 is 6.10 Å². The van der Waals surface area contributed by atoms with Crippen LogP contribution in [-0.4, -0.2) is 18.2 Å². The van der Waals surface area contributed by atoms with Gasteiger partial charge < -0.3 is 4.74 Å². The summed E-state index contributed by atoms with van der Waals surface area (Å²) in [5.41, 5.74) is 3.40. The molecule has 1 amide bonds. The molecular weight excluding hydrogens is 380 g/mol. The fourth-order valence-electron chi connectivity index (χ4n) is 2.39. The van der Waals surface area contributed by atoms with E-state index in [1.807, 2.05) is 66.7 Å². The lowest BCUT2D eigenvalue weighted by Crippen LogP contribution is -2.33. The number of rotatable bonds is 5. The number of hydrogen-bond donors (Lipinski definition) is 1. The van der Waals surface area contributed by atoms with Crippen molar-refractivity contribution < 1.29 is 9.53 Å². The van der Waals surface area contributed by atoms with Crippen LogP contribution in [0.2, 0.25) is 0 Å². The van der Waals surface area contributed by atoms with Crippen LogP contribution in [0.4, 0.5) is 0 Å². The molecule has 0 saturated carbocycles. The van der Waals surface area contributed by atoms with Gasteiger partial charge >= 0.3 is 0 Å². The Kier molecular flexibility index (Phi) is 5.46. The minimum atomic E-state index is -0.662. The predicted molar refractivity (Wildman–Crippen MR) is 104 cm³/mol. The molecule has 0 aliphatic carbocycles. The van der Waals surface area contributed by atoms with Gasteiger partial charge in [0, 0.05) is 9.86 Å². The maximum atomic E-state index is 12.2. The fourth-order valence-corrected chi connectivity index (χ4v) is 2.81. The number of benzene rings is 3. The Morgan fingerprint density at radius 3 is 2.72 bits per heavy atom. The largest absolute Gasteiger partial charge is 0.480 e. The Bertz CT molecular complexity index is 919. The van der Waals surface area contributed by atoms with E-state index in [1.165, 1.54) is 0 Å². The van der Waals surface area contributed by atoms with E-state index in [-0.39, 0.29) is 5.91 Å². The zero-order valence-corrected chi connectivity index (χ0v) is 15.2. The predicted octanol–water partition coefficient (Wildman–Crippen LogP) is 4.52. The lowest BCUT2D eigenvalue weighted by Gasteiger charge is -2.14.